The predicted octanol–water partition coefficient (Wildman–Crippen LogP) is 2.26. The smallest absolute Gasteiger partial charge is 0.160 e. The minimum absolute atomic E-state index is 0.126. The van der Waals surface area contributed by atoms with Gasteiger partial charge in [0.2, 0.25) is 0 Å². The first kappa shape index (κ1) is 11.6. The van der Waals surface area contributed by atoms with Gasteiger partial charge in [-0.1, -0.05) is 18.2 Å². The predicted molar refractivity (Wildman–Crippen MR) is 59.4 cm³/mol. The fraction of sp³-hybridized carbons (Fsp3) is 0.250. The molecule has 0 atom stereocenters. The molecular formula is C12H14FNO. The van der Waals surface area contributed by atoms with E-state index in [1.807, 2.05) is 19.2 Å². The summed E-state index contributed by atoms with van der Waals surface area (Å²) in [6, 6.07) is 4.23. The number of nitrogens with one attached hydrogen (secondary N) is 1. The van der Waals surface area contributed by atoms with E-state index < -0.39 is 0 Å². The fourth-order valence-electron chi connectivity index (χ4n) is 1.28. The molecule has 0 fully saturated rings. The molecule has 15 heavy (non-hydrogen) atoms. The lowest BCUT2D eigenvalue weighted by Gasteiger charge is -2.02. The van der Waals surface area contributed by atoms with Crippen LogP contribution in [0.5, 0.6) is 0 Å². The molecule has 1 aromatic carbocycles. The van der Waals surface area contributed by atoms with Gasteiger partial charge in [0, 0.05) is 12.1 Å². The molecule has 0 amide bonds. The average Bonchev–Trinajstić information content (AvgIpc) is 2.20. The number of halogens is 1. The molecule has 0 aliphatic heterocycles. The maximum absolute atomic E-state index is 12.9. The van der Waals surface area contributed by atoms with Crippen molar-refractivity contribution in [1.29, 1.82) is 0 Å². The zero-order valence-electron chi connectivity index (χ0n) is 8.88. The summed E-state index contributed by atoms with van der Waals surface area (Å²) in [6.45, 7) is 2.15. The van der Waals surface area contributed by atoms with Crippen LogP contribution in [0.2, 0.25) is 0 Å². The van der Waals surface area contributed by atoms with E-state index in [9.17, 15) is 9.18 Å². The molecule has 1 aromatic rings. The van der Waals surface area contributed by atoms with E-state index in [2.05, 4.69) is 5.32 Å². The van der Waals surface area contributed by atoms with Crippen LogP contribution >= 0.6 is 0 Å². The van der Waals surface area contributed by atoms with Crippen molar-refractivity contribution in [2.45, 2.75) is 6.92 Å². The molecule has 0 saturated heterocycles. The molecule has 1 rings (SSSR count). The Bertz CT molecular complexity index is 385. The average molecular weight is 207 g/mol. The van der Waals surface area contributed by atoms with Gasteiger partial charge >= 0.3 is 0 Å². The van der Waals surface area contributed by atoms with Gasteiger partial charge in [-0.25, -0.2) is 4.39 Å². The van der Waals surface area contributed by atoms with Crippen molar-refractivity contribution in [1.82, 2.24) is 5.32 Å². The lowest BCUT2D eigenvalue weighted by atomic mass is 10.0. The summed E-state index contributed by atoms with van der Waals surface area (Å²) < 4.78 is 12.9. The van der Waals surface area contributed by atoms with Gasteiger partial charge in [0.1, 0.15) is 5.82 Å². The number of rotatable bonds is 4. The molecule has 3 heteroatoms. The maximum Gasteiger partial charge on any atom is 0.160 e. The molecule has 1 N–H and O–H groups in total. The molecule has 0 bridgehead atoms. The molecule has 0 unspecified atom stereocenters. The standard InChI is InChI=1S/C12H14FNO/c1-9(15)12-8-11(13)6-5-10(12)4-3-7-14-2/h3-6,8,14H,7H2,1-2H3. The molecule has 2 nitrogen and oxygen atoms in total. The molecule has 0 saturated carbocycles. The Morgan fingerprint density at radius 1 is 1.53 bits per heavy atom. The van der Waals surface area contributed by atoms with Crippen LogP contribution in [-0.4, -0.2) is 19.4 Å². The minimum atomic E-state index is -0.383. The molecular weight excluding hydrogens is 193 g/mol. The van der Waals surface area contributed by atoms with E-state index in [4.69, 9.17) is 0 Å². The van der Waals surface area contributed by atoms with Crippen LogP contribution in [0.1, 0.15) is 22.8 Å². The van der Waals surface area contributed by atoms with Gasteiger partial charge in [0.25, 0.3) is 0 Å². The van der Waals surface area contributed by atoms with Crippen molar-refractivity contribution in [3.05, 3.63) is 41.2 Å². The van der Waals surface area contributed by atoms with Crippen LogP contribution in [-0.2, 0) is 0 Å². The van der Waals surface area contributed by atoms with Crippen LogP contribution in [0.25, 0.3) is 6.08 Å². The monoisotopic (exact) mass is 207 g/mol. The second-order valence-electron chi connectivity index (χ2n) is 3.25. The summed E-state index contributed by atoms with van der Waals surface area (Å²) in [4.78, 5) is 11.2. The highest BCUT2D eigenvalue weighted by Crippen LogP contribution is 2.13. The first-order valence-electron chi connectivity index (χ1n) is 4.76. The van der Waals surface area contributed by atoms with E-state index >= 15 is 0 Å². The van der Waals surface area contributed by atoms with Crippen LogP contribution in [0, 0.1) is 5.82 Å². The lowest BCUT2D eigenvalue weighted by Crippen LogP contribution is -2.04. The molecule has 0 aliphatic carbocycles. The van der Waals surface area contributed by atoms with E-state index in [1.54, 1.807) is 6.07 Å². The number of hydrogen-bond acceptors (Lipinski definition) is 2. The Morgan fingerprint density at radius 3 is 2.87 bits per heavy atom. The second kappa shape index (κ2) is 5.41. The second-order valence-corrected chi connectivity index (χ2v) is 3.25. The first-order valence-corrected chi connectivity index (χ1v) is 4.76. The van der Waals surface area contributed by atoms with Gasteiger partial charge in [-0.15, -0.1) is 0 Å². The van der Waals surface area contributed by atoms with Crippen molar-refractivity contribution < 1.29 is 9.18 Å². The Morgan fingerprint density at radius 2 is 2.27 bits per heavy atom. The van der Waals surface area contributed by atoms with E-state index in [1.165, 1.54) is 19.1 Å². The van der Waals surface area contributed by atoms with Crippen LogP contribution in [0.15, 0.2) is 24.3 Å². The number of carbonyl (C=O) groups is 1. The topological polar surface area (TPSA) is 29.1 Å². The van der Waals surface area contributed by atoms with Gasteiger partial charge in [-0.05, 0) is 31.7 Å². The first-order chi connectivity index (χ1) is 7.15. The quantitative estimate of drug-likeness (QED) is 0.767. The summed E-state index contributed by atoms with van der Waals surface area (Å²) in [5, 5.41) is 2.95. The van der Waals surface area contributed by atoms with Crippen molar-refractivity contribution >= 4 is 11.9 Å². The van der Waals surface area contributed by atoms with Crippen molar-refractivity contribution in [3.8, 4) is 0 Å². The zero-order valence-corrected chi connectivity index (χ0v) is 8.88. The number of hydrogen-bond donors (Lipinski definition) is 1. The number of benzene rings is 1. The zero-order chi connectivity index (χ0) is 11.3. The highest BCUT2D eigenvalue weighted by atomic mass is 19.1. The van der Waals surface area contributed by atoms with E-state index in [0.717, 1.165) is 5.56 Å². The highest BCUT2D eigenvalue weighted by Gasteiger charge is 2.05. The van der Waals surface area contributed by atoms with Crippen LogP contribution in [0.3, 0.4) is 0 Å². The molecule has 0 spiro atoms. The van der Waals surface area contributed by atoms with Gasteiger partial charge in [0.05, 0.1) is 0 Å². The van der Waals surface area contributed by atoms with E-state index in [0.29, 0.717) is 12.1 Å². The SMILES string of the molecule is CNCC=Cc1ccc(F)cc1C(C)=O. The summed E-state index contributed by atoms with van der Waals surface area (Å²) in [5.74, 6) is -0.510. The van der Waals surface area contributed by atoms with Crippen LogP contribution in [0.4, 0.5) is 4.39 Å². The summed E-state index contributed by atoms with van der Waals surface area (Å²) in [6.07, 6.45) is 3.70. The van der Waals surface area contributed by atoms with Crippen molar-refractivity contribution in [2.24, 2.45) is 0 Å². The van der Waals surface area contributed by atoms with E-state index in [-0.39, 0.29) is 11.6 Å². The normalized spacial score (nSPS) is 10.9. The Kier molecular flexibility index (Phi) is 4.18. The molecule has 0 heterocycles. The third kappa shape index (κ3) is 3.29. The third-order valence-corrected chi connectivity index (χ3v) is 2.01. The Labute approximate surface area is 88.8 Å². The largest absolute Gasteiger partial charge is 0.316 e. The highest BCUT2D eigenvalue weighted by molar-refractivity contribution is 5.97. The number of carbonyl (C=O) groups excluding carboxylic acids is 1. The number of likely N-dealkylation sites (N-methyl/N-ethyl adjacent to an activating group) is 1. The maximum atomic E-state index is 12.9. The summed E-state index contributed by atoms with van der Waals surface area (Å²) in [5.41, 5.74) is 1.17. The third-order valence-electron chi connectivity index (χ3n) is 2.01. The molecule has 80 valence electrons. The van der Waals surface area contributed by atoms with Gasteiger partial charge in [0.15, 0.2) is 5.78 Å². The summed E-state index contributed by atoms with van der Waals surface area (Å²) >= 11 is 0. The number of ketones is 1. The summed E-state index contributed by atoms with van der Waals surface area (Å²) in [7, 11) is 1.83. The van der Waals surface area contributed by atoms with Gasteiger partial charge in [-0.2, -0.15) is 0 Å². The Hall–Kier alpha value is -1.48. The molecule has 0 aromatic heterocycles. The number of Topliss-reactive ketones (excluding diaryl/α,β-unsaturated/α-hetero) is 1. The van der Waals surface area contributed by atoms with Crippen molar-refractivity contribution in [2.75, 3.05) is 13.6 Å². The molecule has 0 aliphatic rings. The fourth-order valence-corrected chi connectivity index (χ4v) is 1.28. The lowest BCUT2D eigenvalue weighted by molar-refractivity contribution is 0.101. The molecule has 0 radical (unpaired) electrons. The van der Waals surface area contributed by atoms with Crippen molar-refractivity contribution in [3.63, 3.8) is 0 Å². The van der Waals surface area contributed by atoms with Crippen LogP contribution < -0.4 is 5.32 Å². The minimum Gasteiger partial charge on any atom is -0.316 e. The Balaban J connectivity index is 3.01. The van der Waals surface area contributed by atoms with Gasteiger partial charge < -0.3 is 5.32 Å². The van der Waals surface area contributed by atoms with Gasteiger partial charge in [-0.3, -0.25) is 4.79 Å².